The first-order valence-electron chi connectivity index (χ1n) is 4.32. The number of benzene rings is 1. The summed E-state index contributed by atoms with van der Waals surface area (Å²) < 4.78 is 18.8. The lowest BCUT2D eigenvalue weighted by atomic mass is 10.0. The van der Waals surface area contributed by atoms with Crippen LogP contribution < -0.4 is 10.5 Å². The van der Waals surface area contributed by atoms with E-state index in [1.807, 2.05) is 13.0 Å². The van der Waals surface area contributed by atoms with Gasteiger partial charge in [0.1, 0.15) is 6.10 Å². The van der Waals surface area contributed by atoms with Crippen LogP contribution >= 0.6 is 0 Å². The van der Waals surface area contributed by atoms with E-state index in [9.17, 15) is 4.39 Å². The van der Waals surface area contributed by atoms with Gasteiger partial charge in [-0.3, -0.25) is 0 Å². The SMILES string of the molecule is Cc1ccc2c(c1F)OC(C)C2N. The third-order valence-corrected chi connectivity index (χ3v) is 2.49. The maximum atomic E-state index is 13.5. The minimum atomic E-state index is -0.280. The molecule has 1 aliphatic rings. The summed E-state index contributed by atoms with van der Waals surface area (Å²) in [6.07, 6.45) is -0.133. The van der Waals surface area contributed by atoms with E-state index in [0.717, 1.165) is 5.56 Å². The van der Waals surface area contributed by atoms with Crippen LogP contribution in [-0.4, -0.2) is 6.10 Å². The molecule has 1 heterocycles. The maximum Gasteiger partial charge on any atom is 0.168 e. The van der Waals surface area contributed by atoms with Crippen molar-refractivity contribution in [1.82, 2.24) is 0 Å². The van der Waals surface area contributed by atoms with Crippen LogP contribution in [0.4, 0.5) is 4.39 Å². The maximum absolute atomic E-state index is 13.5. The Balaban J connectivity index is 2.57. The minimum Gasteiger partial charge on any atom is -0.485 e. The van der Waals surface area contributed by atoms with Gasteiger partial charge in [-0.1, -0.05) is 12.1 Å². The van der Waals surface area contributed by atoms with Crippen molar-refractivity contribution in [3.8, 4) is 5.75 Å². The molecule has 2 nitrogen and oxygen atoms in total. The van der Waals surface area contributed by atoms with Gasteiger partial charge in [0.25, 0.3) is 0 Å². The summed E-state index contributed by atoms with van der Waals surface area (Å²) in [7, 11) is 0. The Labute approximate surface area is 76.5 Å². The molecule has 0 saturated carbocycles. The highest BCUT2D eigenvalue weighted by Crippen LogP contribution is 2.37. The van der Waals surface area contributed by atoms with Gasteiger partial charge in [-0.2, -0.15) is 0 Å². The average Bonchev–Trinajstić information content (AvgIpc) is 2.38. The van der Waals surface area contributed by atoms with Crippen LogP contribution in [0.1, 0.15) is 24.1 Å². The zero-order chi connectivity index (χ0) is 9.59. The molecule has 0 fully saturated rings. The van der Waals surface area contributed by atoms with Gasteiger partial charge >= 0.3 is 0 Å². The Hall–Kier alpha value is -1.09. The fraction of sp³-hybridized carbons (Fsp3) is 0.400. The van der Waals surface area contributed by atoms with Crippen molar-refractivity contribution in [1.29, 1.82) is 0 Å². The van der Waals surface area contributed by atoms with E-state index in [1.165, 1.54) is 0 Å². The zero-order valence-electron chi connectivity index (χ0n) is 7.67. The molecule has 1 aromatic rings. The van der Waals surface area contributed by atoms with E-state index in [2.05, 4.69) is 0 Å². The predicted octanol–water partition coefficient (Wildman–Crippen LogP) is 1.91. The van der Waals surface area contributed by atoms with Gasteiger partial charge < -0.3 is 10.5 Å². The van der Waals surface area contributed by atoms with Crippen LogP contribution in [0.2, 0.25) is 0 Å². The molecule has 2 rings (SSSR count). The number of aryl methyl sites for hydroxylation is 1. The monoisotopic (exact) mass is 181 g/mol. The third-order valence-electron chi connectivity index (χ3n) is 2.49. The number of rotatable bonds is 0. The third kappa shape index (κ3) is 1.11. The van der Waals surface area contributed by atoms with Crippen LogP contribution in [0, 0.1) is 12.7 Å². The molecule has 1 aromatic carbocycles. The van der Waals surface area contributed by atoms with Crippen LogP contribution in [0.25, 0.3) is 0 Å². The van der Waals surface area contributed by atoms with Crippen LogP contribution in [-0.2, 0) is 0 Å². The molecule has 1 aliphatic heterocycles. The van der Waals surface area contributed by atoms with Gasteiger partial charge in [-0.25, -0.2) is 4.39 Å². The molecule has 13 heavy (non-hydrogen) atoms. The summed E-state index contributed by atoms with van der Waals surface area (Å²) in [6, 6.07) is 3.36. The Bertz CT molecular complexity index is 351. The molecule has 0 spiro atoms. The van der Waals surface area contributed by atoms with Crippen LogP contribution in [0.3, 0.4) is 0 Å². The number of ether oxygens (including phenoxy) is 1. The lowest BCUT2D eigenvalue weighted by Crippen LogP contribution is -2.21. The quantitative estimate of drug-likeness (QED) is 0.663. The van der Waals surface area contributed by atoms with Crippen molar-refractivity contribution < 1.29 is 9.13 Å². The summed E-state index contributed by atoms with van der Waals surface area (Å²) in [5, 5.41) is 0. The first-order valence-corrected chi connectivity index (χ1v) is 4.32. The zero-order valence-corrected chi connectivity index (χ0v) is 7.67. The Kier molecular flexibility index (Phi) is 1.77. The molecular formula is C10H12FNO. The second kappa shape index (κ2) is 2.70. The molecule has 70 valence electrons. The number of hydrogen-bond donors (Lipinski definition) is 1. The van der Waals surface area contributed by atoms with E-state index in [4.69, 9.17) is 10.5 Å². The fourth-order valence-corrected chi connectivity index (χ4v) is 1.56. The summed E-state index contributed by atoms with van der Waals surface area (Å²) in [4.78, 5) is 0. The molecule has 0 bridgehead atoms. The summed E-state index contributed by atoms with van der Waals surface area (Å²) in [5.74, 6) is 0.0531. The van der Waals surface area contributed by atoms with E-state index in [-0.39, 0.29) is 18.0 Å². The van der Waals surface area contributed by atoms with Gasteiger partial charge in [0, 0.05) is 5.56 Å². The second-order valence-corrected chi connectivity index (χ2v) is 3.46. The highest BCUT2D eigenvalue weighted by molar-refractivity contribution is 5.44. The predicted molar refractivity (Wildman–Crippen MR) is 48.2 cm³/mol. The summed E-state index contributed by atoms with van der Waals surface area (Å²) in [6.45, 7) is 3.56. The molecule has 0 radical (unpaired) electrons. The van der Waals surface area contributed by atoms with Crippen LogP contribution in [0.5, 0.6) is 5.75 Å². The molecule has 2 unspecified atom stereocenters. The molecule has 0 amide bonds. The largest absolute Gasteiger partial charge is 0.485 e. The van der Waals surface area contributed by atoms with Crippen molar-refractivity contribution in [3.05, 3.63) is 29.1 Å². The van der Waals surface area contributed by atoms with Gasteiger partial charge in [-0.05, 0) is 19.4 Å². The molecule has 2 atom stereocenters. The topological polar surface area (TPSA) is 35.2 Å². The van der Waals surface area contributed by atoms with Gasteiger partial charge in [0.05, 0.1) is 6.04 Å². The van der Waals surface area contributed by atoms with E-state index < -0.39 is 0 Å². The Morgan fingerprint density at radius 1 is 1.46 bits per heavy atom. The molecule has 3 heteroatoms. The van der Waals surface area contributed by atoms with E-state index in [0.29, 0.717) is 11.3 Å². The molecule has 0 aromatic heterocycles. The van der Waals surface area contributed by atoms with E-state index in [1.54, 1.807) is 13.0 Å². The second-order valence-electron chi connectivity index (χ2n) is 3.46. The standard InChI is InChI=1S/C10H12FNO/c1-5-3-4-7-9(12)6(2)13-10(7)8(5)11/h3-4,6,9H,12H2,1-2H3. The van der Waals surface area contributed by atoms with E-state index >= 15 is 0 Å². The number of halogens is 1. The highest BCUT2D eigenvalue weighted by Gasteiger charge is 2.30. The Morgan fingerprint density at radius 2 is 2.15 bits per heavy atom. The van der Waals surface area contributed by atoms with Crippen LogP contribution in [0.15, 0.2) is 12.1 Å². The molecular weight excluding hydrogens is 169 g/mol. The van der Waals surface area contributed by atoms with Crippen molar-refractivity contribution >= 4 is 0 Å². The average molecular weight is 181 g/mol. The number of fused-ring (bicyclic) bond motifs is 1. The first kappa shape index (κ1) is 8.51. The molecule has 0 aliphatic carbocycles. The minimum absolute atomic E-state index is 0.133. The highest BCUT2D eigenvalue weighted by atomic mass is 19.1. The normalized spacial score (nSPS) is 25.5. The Morgan fingerprint density at radius 3 is 2.85 bits per heavy atom. The van der Waals surface area contributed by atoms with Gasteiger partial charge in [0.15, 0.2) is 11.6 Å². The fourth-order valence-electron chi connectivity index (χ4n) is 1.56. The lowest BCUT2D eigenvalue weighted by molar-refractivity contribution is 0.220. The smallest absolute Gasteiger partial charge is 0.168 e. The van der Waals surface area contributed by atoms with Gasteiger partial charge in [-0.15, -0.1) is 0 Å². The van der Waals surface area contributed by atoms with Gasteiger partial charge in [0.2, 0.25) is 0 Å². The van der Waals surface area contributed by atoms with Crippen molar-refractivity contribution in [3.63, 3.8) is 0 Å². The molecule has 2 N–H and O–H groups in total. The van der Waals surface area contributed by atoms with Crippen molar-refractivity contribution in [2.45, 2.75) is 26.0 Å². The summed E-state index contributed by atoms with van der Waals surface area (Å²) >= 11 is 0. The number of hydrogen-bond acceptors (Lipinski definition) is 2. The van der Waals surface area contributed by atoms with Crippen molar-refractivity contribution in [2.24, 2.45) is 5.73 Å². The lowest BCUT2D eigenvalue weighted by Gasteiger charge is -2.07. The first-order chi connectivity index (χ1) is 6.11. The number of nitrogens with two attached hydrogens (primary N) is 1. The molecule has 0 saturated heterocycles. The summed E-state index contributed by atoms with van der Waals surface area (Å²) in [5.41, 5.74) is 7.19. The van der Waals surface area contributed by atoms with Crippen molar-refractivity contribution in [2.75, 3.05) is 0 Å².